The molecular weight excluding hydrogens is 374 g/mol. The van der Waals surface area contributed by atoms with Crippen LogP contribution in [-0.2, 0) is 10.0 Å². The summed E-state index contributed by atoms with van der Waals surface area (Å²) in [6, 6.07) is 5.07. The summed E-state index contributed by atoms with van der Waals surface area (Å²) in [5, 5.41) is 3.87. The van der Waals surface area contributed by atoms with Gasteiger partial charge in [0.1, 0.15) is 0 Å². The van der Waals surface area contributed by atoms with E-state index < -0.39 is 10.0 Å². The maximum absolute atomic E-state index is 13.0. The number of rotatable bonds is 3. The van der Waals surface area contributed by atoms with Crippen LogP contribution < -0.4 is 14.8 Å². The van der Waals surface area contributed by atoms with Crippen molar-refractivity contribution in [1.82, 2.24) is 14.5 Å². The van der Waals surface area contributed by atoms with E-state index in [1.54, 1.807) is 18.2 Å². The minimum absolute atomic E-state index is 0.234. The zero-order valence-corrected chi connectivity index (χ0v) is 16.7. The molecule has 1 aromatic rings. The number of piperazine rings is 1. The van der Waals surface area contributed by atoms with Gasteiger partial charge < -0.3 is 19.7 Å². The molecule has 1 aromatic carbocycles. The van der Waals surface area contributed by atoms with E-state index in [0.29, 0.717) is 56.0 Å². The molecule has 3 rings (SSSR count). The number of benzene rings is 1. The molecule has 2 aliphatic heterocycles. The minimum atomic E-state index is -3.57. The van der Waals surface area contributed by atoms with E-state index >= 15 is 0 Å². The standard InChI is InChI=1S/C17H25N3O4S2/c1-13(2)18-17(25)19-6-8-20(9-7-19)26(21,22)14-4-5-15-16(12-14)24-11-3-10-23-15/h4-5,12-13H,3,6-11H2,1-2H3,(H,18,25). The number of sulfonamides is 1. The topological polar surface area (TPSA) is 71.1 Å². The normalized spacial score (nSPS) is 18.5. The Bertz CT molecular complexity index is 759. The fraction of sp³-hybridized carbons (Fsp3) is 0.588. The van der Waals surface area contributed by atoms with E-state index in [1.165, 1.54) is 4.31 Å². The average Bonchev–Trinajstić information content (AvgIpc) is 2.86. The Hall–Kier alpha value is -1.58. The van der Waals surface area contributed by atoms with Crippen molar-refractivity contribution in [3.63, 3.8) is 0 Å². The molecule has 1 saturated heterocycles. The molecule has 0 unspecified atom stereocenters. The van der Waals surface area contributed by atoms with E-state index in [-0.39, 0.29) is 10.9 Å². The second-order valence-electron chi connectivity index (χ2n) is 6.65. The first kappa shape index (κ1) is 19.2. The van der Waals surface area contributed by atoms with Gasteiger partial charge in [0.25, 0.3) is 0 Å². The van der Waals surface area contributed by atoms with Crippen LogP contribution in [0, 0.1) is 0 Å². The van der Waals surface area contributed by atoms with E-state index in [9.17, 15) is 8.42 Å². The zero-order chi connectivity index (χ0) is 18.7. The van der Waals surface area contributed by atoms with Gasteiger partial charge in [0.05, 0.1) is 18.1 Å². The molecular formula is C17H25N3O4S2. The summed E-state index contributed by atoms with van der Waals surface area (Å²) in [6.45, 7) is 7.09. The Kier molecular flexibility index (Phi) is 5.89. The van der Waals surface area contributed by atoms with E-state index in [1.807, 2.05) is 18.7 Å². The van der Waals surface area contributed by atoms with Gasteiger partial charge in [0.15, 0.2) is 16.6 Å². The molecule has 2 aliphatic rings. The number of nitrogens with zero attached hydrogens (tertiary/aromatic N) is 2. The van der Waals surface area contributed by atoms with Gasteiger partial charge in [-0.05, 0) is 38.2 Å². The molecule has 0 atom stereocenters. The van der Waals surface area contributed by atoms with E-state index in [4.69, 9.17) is 21.7 Å². The van der Waals surface area contributed by atoms with Crippen LogP contribution in [0.2, 0.25) is 0 Å². The number of hydrogen-bond acceptors (Lipinski definition) is 5. The molecule has 7 nitrogen and oxygen atoms in total. The Morgan fingerprint density at radius 3 is 2.42 bits per heavy atom. The first-order valence-corrected chi connectivity index (χ1v) is 10.7. The molecule has 0 spiro atoms. The molecule has 0 aliphatic carbocycles. The van der Waals surface area contributed by atoms with Crippen molar-refractivity contribution in [2.24, 2.45) is 0 Å². The second-order valence-corrected chi connectivity index (χ2v) is 8.98. The molecule has 2 heterocycles. The van der Waals surface area contributed by atoms with Crippen molar-refractivity contribution >= 4 is 27.4 Å². The number of nitrogens with one attached hydrogen (secondary N) is 1. The molecule has 144 valence electrons. The highest BCUT2D eigenvalue weighted by Gasteiger charge is 2.30. The molecule has 0 saturated carbocycles. The van der Waals surface area contributed by atoms with Crippen LogP contribution >= 0.6 is 12.2 Å². The third kappa shape index (κ3) is 4.21. The van der Waals surface area contributed by atoms with Gasteiger partial charge >= 0.3 is 0 Å². The lowest BCUT2D eigenvalue weighted by Crippen LogP contribution is -2.53. The highest BCUT2D eigenvalue weighted by Crippen LogP contribution is 2.33. The van der Waals surface area contributed by atoms with Crippen LogP contribution in [0.25, 0.3) is 0 Å². The Balaban J connectivity index is 1.70. The summed E-state index contributed by atoms with van der Waals surface area (Å²) in [6.07, 6.45) is 0.781. The number of thiocarbonyl (C=S) groups is 1. The van der Waals surface area contributed by atoms with Gasteiger partial charge in [0.2, 0.25) is 10.0 Å². The van der Waals surface area contributed by atoms with Crippen LogP contribution in [0.5, 0.6) is 11.5 Å². The maximum atomic E-state index is 13.0. The number of hydrogen-bond donors (Lipinski definition) is 1. The van der Waals surface area contributed by atoms with Crippen LogP contribution in [-0.4, -0.2) is 68.2 Å². The third-order valence-electron chi connectivity index (χ3n) is 4.29. The molecule has 1 N–H and O–H groups in total. The van der Waals surface area contributed by atoms with Crippen molar-refractivity contribution in [3.8, 4) is 11.5 Å². The Morgan fingerprint density at radius 2 is 1.77 bits per heavy atom. The molecule has 0 bridgehead atoms. The highest BCUT2D eigenvalue weighted by atomic mass is 32.2. The average molecular weight is 400 g/mol. The van der Waals surface area contributed by atoms with Gasteiger partial charge in [-0.3, -0.25) is 0 Å². The molecule has 26 heavy (non-hydrogen) atoms. The SMILES string of the molecule is CC(C)NC(=S)N1CCN(S(=O)(=O)c2ccc3c(c2)OCCCO3)CC1. The molecule has 1 fully saturated rings. The summed E-state index contributed by atoms with van der Waals surface area (Å²) in [5.74, 6) is 1.08. The van der Waals surface area contributed by atoms with Crippen molar-refractivity contribution in [3.05, 3.63) is 18.2 Å². The fourth-order valence-electron chi connectivity index (χ4n) is 2.92. The minimum Gasteiger partial charge on any atom is -0.490 e. The van der Waals surface area contributed by atoms with Crippen LogP contribution in [0.1, 0.15) is 20.3 Å². The predicted molar refractivity (Wildman–Crippen MR) is 103 cm³/mol. The predicted octanol–water partition coefficient (Wildman–Crippen LogP) is 1.44. The molecule has 0 amide bonds. The van der Waals surface area contributed by atoms with Crippen LogP contribution in [0.4, 0.5) is 0 Å². The Morgan fingerprint density at radius 1 is 1.12 bits per heavy atom. The van der Waals surface area contributed by atoms with Crippen LogP contribution in [0.3, 0.4) is 0 Å². The highest BCUT2D eigenvalue weighted by molar-refractivity contribution is 7.89. The fourth-order valence-corrected chi connectivity index (χ4v) is 4.78. The van der Waals surface area contributed by atoms with Gasteiger partial charge in [-0.2, -0.15) is 4.31 Å². The van der Waals surface area contributed by atoms with Gasteiger partial charge in [-0.15, -0.1) is 0 Å². The summed E-state index contributed by atoms with van der Waals surface area (Å²) < 4.78 is 38.6. The van der Waals surface area contributed by atoms with Crippen molar-refractivity contribution < 1.29 is 17.9 Å². The smallest absolute Gasteiger partial charge is 0.243 e. The summed E-state index contributed by atoms with van der Waals surface area (Å²) >= 11 is 5.37. The summed E-state index contributed by atoms with van der Waals surface area (Å²) in [7, 11) is -3.57. The first-order chi connectivity index (χ1) is 12.4. The van der Waals surface area contributed by atoms with Crippen LogP contribution in [0.15, 0.2) is 23.1 Å². The zero-order valence-electron chi connectivity index (χ0n) is 15.1. The lowest BCUT2D eigenvalue weighted by atomic mass is 10.3. The number of ether oxygens (including phenoxy) is 2. The summed E-state index contributed by atoms with van der Waals surface area (Å²) in [4.78, 5) is 2.24. The molecule has 0 aromatic heterocycles. The van der Waals surface area contributed by atoms with Crippen molar-refractivity contribution in [1.29, 1.82) is 0 Å². The quantitative estimate of drug-likeness (QED) is 0.771. The van der Waals surface area contributed by atoms with Gasteiger partial charge in [-0.25, -0.2) is 8.42 Å². The third-order valence-corrected chi connectivity index (χ3v) is 6.57. The monoisotopic (exact) mass is 399 g/mol. The van der Waals surface area contributed by atoms with Crippen molar-refractivity contribution in [2.45, 2.75) is 31.2 Å². The van der Waals surface area contributed by atoms with Gasteiger partial charge in [0, 0.05) is 44.7 Å². The van der Waals surface area contributed by atoms with E-state index in [2.05, 4.69) is 5.32 Å². The lowest BCUT2D eigenvalue weighted by molar-refractivity contribution is 0.263. The first-order valence-electron chi connectivity index (χ1n) is 8.83. The Labute approximate surface area is 160 Å². The second kappa shape index (κ2) is 7.98. The molecule has 0 radical (unpaired) electrons. The van der Waals surface area contributed by atoms with E-state index in [0.717, 1.165) is 6.42 Å². The maximum Gasteiger partial charge on any atom is 0.243 e. The van der Waals surface area contributed by atoms with Gasteiger partial charge in [-0.1, -0.05) is 0 Å². The summed E-state index contributed by atoms with van der Waals surface area (Å²) in [5.41, 5.74) is 0. The largest absolute Gasteiger partial charge is 0.490 e. The lowest BCUT2D eigenvalue weighted by Gasteiger charge is -2.36. The van der Waals surface area contributed by atoms with Crippen molar-refractivity contribution in [2.75, 3.05) is 39.4 Å². The molecule has 9 heteroatoms. The number of fused-ring (bicyclic) bond motifs is 1.